The third-order valence-corrected chi connectivity index (χ3v) is 5.04. The summed E-state index contributed by atoms with van der Waals surface area (Å²) in [7, 11) is 3.06. The molecule has 2 aromatic carbocycles. The molecule has 0 unspecified atom stereocenters. The van der Waals surface area contributed by atoms with E-state index < -0.39 is 17.7 Å². The van der Waals surface area contributed by atoms with Crippen molar-refractivity contribution in [2.45, 2.75) is 18.5 Å². The topological polar surface area (TPSA) is 65.4 Å². The van der Waals surface area contributed by atoms with Crippen molar-refractivity contribution in [1.82, 2.24) is 9.55 Å². The summed E-state index contributed by atoms with van der Waals surface area (Å²) in [5.41, 5.74) is 0.716. The van der Waals surface area contributed by atoms with Crippen molar-refractivity contribution in [2.24, 2.45) is 0 Å². The molecule has 0 aliphatic carbocycles. The fourth-order valence-electron chi connectivity index (χ4n) is 3.60. The van der Waals surface area contributed by atoms with Crippen LogP contribution in [0.25, 0.3) is 5.69 Å². The quantitative estimate of drug-likeness (QED) is 0.684. The molecule has 1 aromatic heterocycles. The highest BCUT2D eigenvalue weighted by molar-refractivity contribution is 5.94. The van der Waals surface area contributed by atoms with Crippen LogP contribution in [0.3, 0.4) is 0 Å². The number of methoxy groups -OCH3 is 2. The molecular weight excluding hydrogens is 399 g/mol. The highest BCUT2D eigenvalue weighted by Crippen LogP contribution is 2.42. The first kappa shape index (κ1) is 19.8. The molecule has 0 saturated heterocycles. The number of carbonyl (C=O) groups excluding carboxylic acids is 1. The maximum absolute atomic E-state index is 13.1. The number of nitrogens with one attached hydrogen (secondary N) is 1. The summed E-state index contributed by atoms with van der Waals surface area (Å²) in [4.78, 5) is 16.9. The smallest absolute Gasteiger partial charge is 0.416 e. The van der Waals surface area contributed by atoms with E-state index in [0.717, 1.165) is 12.1 Å². The summed E-state index contributed by atoms with van der Waals surface area (Å²) in [6, 6.07) is 10.1. The number of alkyl halides is 3. The second-order valence-corrected chi connectivity index (χ2v) is 6.81. The molecule has 9 heteroatoms. The van der Waals surface area contributed by atoms with Crippen molar-refractivity contribution in [3.8, 4) is 17.2 Å². The molecular formula is C21H18F3N3O3. The third-order valence-electron chi connectivity index (χ3n) is 5.04. The van der Waals surface area contributed by atoms with E-state index in [1.807, 2.05) is 0 Å². The average molecular weight is 417 g/mol. The lowest BCUT2D eigenvalue weighted by molar-refractivity contribution is -0.137. The molecule has 4 rings (SSSR count). The minimum absolute atomic E-state index is 0.121. The Hall–Kier alpha value is -3.49. The second kappa shape index (κ2) is 7.40. The summed E-state index contributed by atoms with van der Waals surface area (Å²) in [6.45, 7) is 0. The van der Waals surface area contributed by atoms with Crippen molar-refractivity contribution >= 4 is 11.7 Å². The van der Waals surface area contributed by atoms with Crippen molar-refractivity contribution in [3.05, 3.63) is 65.6 Å². The Morgan fingerprint density at radius 2 is 1.93 bits per heavy atom. The molecule has 0 bridgehead atoms. The highest BCUT2D eigenvalue weighted by atomic mass is 19.4. The Bertz CT molecular complexity index is 1110. The molecule has 1 atom stereocenters. The molecule has 2 heterocycles. The van der Waals surface area contributed by atoms with Gasteiger partial charge in [-0.15, -0.1) is 0 Å². The summed E-state index contributed by atoms with van der Waals surface area (Å²) in [5.74, 6) is 0.781. The SMILES string of the molecule is COc1ccc(OC)c([C@@H]2CC(=O)Nc3c2ncn3-c2cccc(C(F)(F)F)c2)c1. The normalized spacial score (nSPS) is 16.0. The number of hydrogen-bond acceptors (Lipinski definition) is 4. The number of aromatic nitrogens is 2. The van der Waals surface area contributed by atoms with E-state index in [1.54, 1.807) is 18.2 Å². The van der Waals surface area contributed by atoms with Gasteiger partial charge in [-0.05, 0) is 36.4 Å². The van der Waals surface area contributed by atoms with E-state index in [4.69, 9.17) is 9.47 Å². The highest BCUT2D eigenvalue weighted by Gasteiger charge is 2.34. The number of nitrogens with zero attached hydrogens (tertiary/aromatic N) is 2. The van der Waals surface area contributed by atoms with Gasteiger partial charge in [0.05, 0.1) is 25.5 Å². The second-order valence-electron chi connectivity index (χ2n) is 6.81. The van der Waals surface area contributed by atoms with E-state index in [-0.39, 0.29) is 18.0 Å². The van der Waals surface area contributed by atoms with Crippen LogP contribution in [0, 0.1) is 0 Å². The zero-order valence-electron chi connectivity index (χ0n) is 16.2. The fraction of sp³-hybridized carbons (Fsp3) is 0.238. The lowest BCUT2D eigenvalue weighted by Gasteiger charge is -2.25. The van der Waals surface area contributed by atoms with Gasteiger partial charge >= 0.3 is 6.18 Å². The van der Waals surface area contributed by atoms with Crippen LogP contribution >= 0.6 is 0 Å². The fourth-order valence-corrected chi connectivity index (χ4v) is 3.60. The van der Waals surface area contributed by atoms with E-state index in [1.165, 1.54) is 37.2 Å². The van der Waals surface area contributed by atoms with Gasteiger partial charge in [0.15, 0.2) is 0 Å². The number of carbonyl (C=O) groups is 1. The number of ether oxygens (including phenoxy) is 2. The largest absolute Gasteiger partial charge is 0.497 e. The number of imidazole rings is 1. The number of hydrogen-bond donors (Lipinski definition) is 1. The number of anilines is 1. The molecule has 0 saturated carbocycles. The van der Waals surface area contributed by atoms with Gasteiger partial charge in [0.2, 0.25) is 5.91 Å². The summed E-state index contributed by atoms with van der Waals surface area (Å²) >= 11 is 0. The molecule has 156 valence electrons. The van der Waals surface area contributed by atoms with Crippen LogP contribution in [0.5, 0.6) is 11.5 Å². The predicted octanol–water partition coefficient (Wildman–Crippen LogP) is 4.38. The van der Waals surface area contributed by atoms with Gasteiger partial charge in [0.1, 0.15) is 23.6 Å². The molecule has 0 fully saturated rings. The molecule has 0 radical (unpaired) electrons. The van der Waals surface area contributed by atoms with Crippen LogP contribution in [0.2, 0.25) is 0 Å². The number of benzene rings is 2. The predicted molar refractivity (Wildman–Crippen MR) is 103 cm³/mol. The minimum Gasteiger partial charge on any atom is -0.497 e. The molecule has 1 amide bonds. The Morgan fingerprint density at radius 3 is 2.63 bits per heavy atom. The van der Waals surface area contributed by atoms with Crippen molar-refractivity contribution in [3.63, 3.8) is 0 Å². The van der Waals surface area contributed by atoms with Crippen LogP contribution in [-0.4, -0.2) is 29.7 Å². The maximum atomic E-state index is 13.1. The van der Waals surface area contributed by atoms with Gasteiger partial charge in [0.25, 0.3) is 0 Å². The number of amides is 1. The third kappa shape index (κ3) is 3.47. The maximum Gasteiger partial charge on any atom is 0.416 e. The minimum atomic E-state index is -4.48. The summed E-state index contributed by atoms with van der Waals surface area (Å²) in [5, 5.41) is 2.74. The number of rotatable bonds is 4. The van der Waals surface area contributed by atoms with E-state index in [0.29, 0.717) is 28.6 Å². The Balaban J connectivity index is 1.83. The van der Waals surface area contributed by atoms with Gasteiger partial charge < -0.3 is 14.8 Å². The number of halogens is 3. The Labute approximate surface area is 170 Å². The van der Waals surface area contributed by atoms with Gasteiger partial charge in [-0.2, -0.15) is 13.2 Å². The first-order valence-corrected chi connectivity index (χ1v) is 9.08. The van der Waals surface area contributed by atoms with Crippen molar-refractivity contribution in [2.75, 3.05) is 19.5 Å². The van der Waals surface area contributed by atoms with Gasteiger partial charge in [-0.1, -0.05) is 6.07 Å². The summed E-state index contributed by atoms with van der Waals surface area (Å²) in [6.07, 6.45) is -2.95. The Kier molecular flexibility index (Phi) is 4.89. The standard InChI is InChI=1S/C21H18F3N3O3/c1-29-14-6-7-17(30-2)15(9-14)16-10-18(28)26-20-19(16)25-11-27(20)13-5-3-4-12(8-13)21(22,23)24/h3-9,11,16H,10H2,1-2H3,(H,26,28)/t16-/m0/s1. The van der Waals surface area contributed by atoms with E-state index in [9.17, 15) is 18.0 Å². The van der Waals surface area contributed by atoms with Crippen LogP contribution in [0.4, 0.5) is 19.0 Å². The van der Waals surface area contributed by atoms with Crippen LogP contribution in [0.15, 0.2) is 48.8 Å². The average Bonchev–Trinajstić information content (AvgIpc) is 3.16. The zero-order valence-corrected chi connectivity index (χ0v) is 16.2. The monoisotopic (exact) mass is 417 g/mol. The van der Waals surface area contributed by atoms with Crippen LogP contribution in [-0.2, 0) is 11.0 Å². The van der Waals surface area contributed by atoms with Crippen LogP contribution in [0.1, 0.15) is 29.2 Å². The van der Waals surface area contributed by atoms with Gasteiger partial charge in [0, 0.05) is 23.6 Å². The molecule has 1 aliphatic rings. The Morgan fingerprint density at radius 1 is 1.13 bits per heavy atom. The molecule has 1 aliphatic heterocycles. The van der Waals surface area contributed by atoms with Crippen molar-refractivity contribution in [1.29, 1.82) is 0 Å². The summed E-state index contributed by atoms with van der Waals surface area (Å²) < 4.78 is 51.6. The lowest BCUT2D eigenvalue weighted by atomic mass is 9.89. The molecule has 3 aromatic rings. The lowest BCUT2D eigenvalue weighted by Crippen LogP contribution is -2.25. The van der Waals surface area contributed by atoms with Crippen LogP contribution < -0.4 is 14.8 Å². The first-order valence-electron chi connectivity index (χ1n) is 9.08. The van der Waals surface area contributed by atoms with Crippen molar-refractivity contribution < 1.29 is 27.4 Å². The van der Waals surface area contributed by atoms with E-state index >= 15 is 0 Å². The zero-order chi connectivity index (χ0) is 21.5. The first-order chi connectivity index (χ1) is 14.3. The molecule has 6 nitrogen and oxygen atoms in total. The molecule has 0 spiro atoms. The molecule has 30 heavy (non-hydrogen) atoms. The van der Waals surface area contributed by atoms with E-state index in [2.05, 4.69) is 10.3 Å². The number of fused-ring (bicyclic) bond motifs is 1. The van der Waals surface area contributed by atoms with Gasteiger partial charge in [-0.25, -0.2) is 4.98 Å². The molecule has 1 N–H and O–H groups in total. The van der Waals surface area contributed by atoms with Gasteiger partial charge in [-0.3, -0.25) is 9.36 Å².